The molecule has 0 spiro atoms. The number of amidine groups is 1. The van der Waals surface area contributed by atoms with Gasteiger partial charge in [-0.1, -0.05) is 18.2 Å². The van der Waals surface area contributed by atoms with Crippen molar-refractivity contribution in [2.45, 2.75) is 19.4 Å². The molecule has 0 bridgehead atoms. The van der Waals surface area contributed by atoms with Gasteiger partial charge in [0.2, 0.25) is 0 Å². The van der Waals surface area contributed by atoms with Crippen LogP contribution in [0.15, 0.2) is 35.3 Å². The average molecular weight is 247 g/mol. The van der Waals surface area contributed by atoms with E-state index in [0.29, 0.717) is 5.69 Å². The summed E-state index contributed by atoms with van der Waals surface area (Å²) in [5.41, 5.74) is -0.297. The van der Waals surface area contributed by atoms with Crippen molar-refractivity contribution in [3.05, 3.63) is 30.3 Å². The average Bonchev–Trinajstić information content (AvgIpc) is 2.53. The SMILES string of the molecule is CC1(C)N=C(OC(=O)Nc2ccccc2)NC1=O. The Balaban J connectivity index is 1.96. The summed E-state index contributed by atoms with van der Waals surface area (Å²) >= 11 is 0. The van der Waals surface area contributed by atoms with Crippen LogP contribution in [-0.2, 0) is 9.53 Å². The first-order valence-corrected chi connectivity index (χ1v) is 5.42. The third-order valence-corrected chi connectivity index (χ3v) is 2.37. The highest BCUT2D eigenvalue weighted by Crippen LogP contribution is 2.15. The van der Waals surface area contributed by atoms with Gasteiger partial charge in [0.25, 0.3) is 5.91 Å². The molecule has 2 rings (SSSR count). The standard InChI is InChI=1S/C12H13N3O3/c1-12(2)9(16)14-10(15-12)18-11(17)13-8-6-4-3-5-7-8/h3-7H,1-2H3,(H,13,17)(H,14,15,16). The molecule has 0 aliphatic carbocycles. The van der Waals surface area contributed by atoms with E-state index in [9.17, 15) is 9.59 Å². The quantitative estimate of drug-likeness (QED) is 0.789. The highest BCUT2D eigenvalue weighted by molar-refractivity contribution is 6.08. The van der Waals surface area contributed by atoms with Crippen LogP contribution in [0.1, 0.15) is 13.8 Å². The number of aliphatic imine (C=N–C) groups is 1. The largest absolute Gasteiger partial charge is 0.419 e. The second-order valence-electron chi connectivity index (χ2n) is 4.31. The zero-order valence-corrected chi connectivity index (χ0v) is 10.1. The van der Waals surface area contributed by atoms with Crippen LogP contribution in [0.3, 0.4) is 0 Å². The Hall–Kier alpha value is -2.37. The van der Waals surface area contributed by atoms with E-state index in [4.69, 9.17) is 4.74 Å². The molecule has 2 N–H and O–H groups in total. The van der Waals surface area contributed by atoms with Crippen LogP contribution in [0.2, 0.25) is 0 Å². The van der Waals surface area contributed by atoms with Crippen molar-refractivity contribution in [3.63, 3.8) is 0 Å². The van der Waals surface area contributed by atoms with E-state index in [1.54, 1.807) is 38.1 Å². The maximum absolute atomic E-state index is 11.5. The van der Waals surface area contributed by atoms with E-state index in [1.807, 2.05) is 6.07 Å². The van der Waals surface area contributed by atoms with E-state index in [1.165, 1.54) is 0 Å². The number of hydrogen-bond acceptors (Lipinski definition) is 4. The molecule has 1 aliphatic heterocycles. The van der Waals surface area contributed by atoms with Crippen LogP contribution in [0.25, 0.3) is 0 Å². The predicted molar refractivity (Wildman–Crippen MR) is 66.2 cm³/mol. The second kappa shape index (κ2) is 4.48. The molecule has 0 fully saturated rings. The number of nitrogens with one attached hydrogen (secondary N) is 2. The number of benzene rings is 1. The highest BCUT2D eigenvalue weighted by atomic mass is 16.6. The number of anilines is 1. The first kappa shape index (κ1) is 12.1. The normalized spacial score (nSPS) is 16.8. The van der Waals surface area contributed by atoms with Crippen LogP contribution in [-0.4, -0.2) is 23.6 Å². The van der Waals surface area contributed by atoms with Gasteiger partial charge in [0.05, 0.1) is 0 Å². The molecule has 6 nitrogen and oxygen atoms in total. The Labute approximate surface area is 104 Å². The number of hydrogen-bond donors (Lipinski definition) is 2. The van der Waals surface area contributed by atoms with Gasteiger partial charge in [-0.15, -0.1) is 0 Å². The molecule has 18 heavy (non-hydrogen) atoms. The topological polar surface area (TPSA) is 79.8 Å². The maximum atomic E-state index is 11.5. The van der Waals surface area contributed by atoms with Gasteiger partial charge in [-0.05, 0) is 26.0 Å². The number of nitrogens with zero attached hydrogens (tertiary/aromatic N) is 1. The monoisotopic (exact) mass is 247 g/mol. The first-order valence-electron chi connectivity index (χ1n) is 5.42. The zero-order valence-electron chi connectivity index (χ0n) is 10.1. The van der Waals surface area contributed by atoms with Gasteiger partial charge in [-0.25, -0.2) is 9.79 Å². The molecule has 0 atom stereocenters. The molecule has 1 aromatic carbocycles. The van der Waals surface area contributed by atoms with Crippen molar-refractivity contribution in [1.82, 2.24) is 5.32 Å². The molecule has 1 heterocycles. The molecule has 0 saturated carbocycles. The predicted octanol–water partition coefficient (Wildman–Crippen LogP) is 1.50. The summed E-state index contributed by atoms with van der Waals surface area (Å²) in [5, 5.41) is 4.91. The number of carbonyl (C=O) groups excluding carboxylic acids is 2. The molecule has 1 aromatic rings. The summed E-state index contributed by atoms with van der Waals surface area (Å²) in [6, 6.07) is 8.76. The van der Waals surface area contributed by atoms with Crippen molar-refractivity contribution in [3.8, 4) is 0 Å². The third kappa shape index (κ3) is 2.65. The van der Waals surface area contributed by atoms with Crippen LogP contribution in [0.4, 0.5) is 10.5 Å². The Morgan fingerprint density at radius 3 is 2.56 bits per heavy atom. The van der Waals surface area contributed by atoms with E-state index in [0.717, 1.165) is 0 Å². The van der Waals surface area contributed by atoms with Gasteiger partial charge >= 0.3 is 12.1 Å². The zero-order chi connectivity index (χ0) is 13.2. The van der Waals surface area contributed by atoms with E-state index in [-0.39, 0.29) is 11.9 Å². The van der Waals surface area contributed by atoms with Gasteiger partial charge in [-0.3, -0.25) is 15.4 Å². The van der Waals surface area contributed by atoms with Gasteiger partial charge < -0.3 is 4.74 Å². The molecule has 0 aromatic heterocycles. The van der Waals surface area contributed by atoms with Gasteiger partial charge in [0.1, 0.15) is 5.54 Å². The fourth-order valence-electron chi connectivity index (χ4n) is 1.38. The summed E-state index contributed by atoms with van der Waals surface area (Å²) < 4.78 is 4.89. The number of ether oxygens (including phenoxy) is 1. The van der Waals surface area contributed by atoms with E-state index < -0.39 is 11.6 Å². The fourth-order valence-corrected chi connectivity index (χ4v) is 1.38. The Kier molecular flexibility index (Phi) is 3.01. The van der Waals surface area contributed by atoms with Crippen molar-refractivity contribution in [2.24, 2.45) is 4.99 Å². The lowest BCUT2D eigenvalue weighted by Gasteiger charge is -2.06. The van der Waals surface area contributed by atoms with E-state index in [2.05, 4.69) is 15.6 Å². The van der Waals surface area contributed by atoms with Crippen LogP contribution in [0.5, 0.6) is 0 Å². The smallest absolute Gasteiger partial charge is 0.375 e. The van der Waals surface area contributed by atoms with Crippen LogP contribution < -0.4 is 10.6 Å². The van der Waals surface area contributed by atoms with Crippen molar-refractivity contribution in [2.75, 3.05) is 5.32 Å². The minimum atomic E-state index is -0.900. The van der Waals surface area contributed by atoms with Crippen LogP contribution in [0, 0.1) is 0 Å². The second-order valence-corrected chi connectivity index (χ2v) is 4.31. The number of carbonyl (C=O) groups is 2. The number of rotatable bonds is 1. The molecule has 1 aliphatic rings. The minimum Gasteiger partial charge on any atom is -0.375 e. The van der Waals surface area contributed by atoms with Gasteiger partial charge in [0, 0.05) is 5.69 Å². The summed E-state index contributed by atoms with van der Waals surface area (Å²) in [4.78, 5) is 26.9. The van der Waals surface area contributed by atoms with Crippen molar-refractivity contribution in [1.29, 1.82) is 0 Å². The number of para-hydroxylation sites is 1. The minimum absolute atomic E-state index is 0.0848. The Bertz CT molecular complexity index is 509. The molecule has 0 saturated heterocycles. The Morgan fingerprint density at radius 1 is 1.33 bits per heavy atom. The summed E-state index contributed by atoms with van der Waals surface area (Å²) in [5.74, 6) is -0.301. The van der Waals surface area contributed by atoms with Crippen LogP contribution >= 0.6 is 0 Å². The van der Waals surface area contributed by atoms with Gasteiger partial charge in [0.15, 0.2) is 0 Å². The maximum Gasteiger partial charge on any atom is 0.419 e. The summed E-state index contributed by atoms with van der Waals surface area (Å²) in [6.07, 6.45) is -0.696. The third-order valence-electron chi connectivity index (χ3n) is 2.37. The van der Waals surface area contributed by atoms with E-state index >= 15 is 0 Å². The molecule has 2 amide bonds. The molecular weight excluding hydrogens is 234 g/mol. The Morgan fingerprint density at radius 2 is 2.00 bits per heavy atom. The lowest BCUT2D eigenvalue weighted by Crippen LogP contribution is -2.36. The summed E-state index contributed by atoms with van der Waals surface area (Å²) in [6.45, 7) is 3.27. The fraction of sp³-hybridized carbons (Fsp3) is 0.250. The summed E-state index contributed by atoms with van der Waals surface area (Å²) in [7, 11) is 0. The molecule has 0 unspecified atom stereocenters. The molecule has 0 radical (unpaired) electrons. The van der Waals surface area contributed by atoms with Crippen molar-refractivity contribution >= 4 is 23.7 Å². The molecule has 6 heteroatoms. The van der Waals surface area contributed by atoms with Crippen molar-refractivity contribution < 1.29 is 14.3 Å². The molecule has 94 valence electrons. The van der Waals surface area contributed by atoms with Gasteiger partial charge in [-0.2, -0.15) is 0 Å². The number of amides is 2. The highest BCUT2D eigenvalue weighted by Gasteiger charge is 2.36. The lowest BCUT2D eigenvalue weighted by molar-refractivity contribution is -0.122. The first-order chi connectivity index (χ1) is 8.47. The lowest BCUT2D eigenvalue weighted by atomic mass is 10.1. The molecular formula is C12H13N3O3.